The van der Waals surface area contributed by atoms with Gasteiger partial charge in [0.15, 0.2) is 17.3 Å². The highest BCUT2D eigenvalue weighted by atomic mass is 16.5. The molecule has 0 atom stereocenters. The molecule has 0 aliphatic heterocycles. The molecule has 2 heterocycles. The van der Waals surface area contributed by atoms with E-state index >= 15 is 0 Å². The van der Waals surface area contributed by atoms with Crippen LogP contribution in [0.5, 0.6) is 11.5 Å². The molecule has 1 aliphatic carbocycles. The van der Waals surface area contributed by atoms with Crippen molar-refractivity contribution < 1.29 is 14.3 Å². The molecule has 0 N–H and O–H groups in total. The van der Waals surface area contributed by atoms with Crippen molar-refractivity contribution in [3.8, 4) is 22.8 Å². The van der Waals surface area contributed by atoms with Crippen molar-refractivity contribution in [3.05, 3.63) is 52.1 Å². The van der Waals surface area contributed by atoms with E-state index in [2.05, 4.69) is 11.9 Å². The Hall–Kier alpha value is -3.15. The van der Waals surface area contributed by atoms with Gasteiger partial charge in [-0.3, -0.25) is 14.6 Å². The summed E-state index contributed by atoms with van der Waals surface area (Å²) in [4.78, 5) is 30.6. The number of methoxy groups -OCH3 is 2. The Bertz CT molecular complexity index is 1130. The van der Waals surface area contributed by atoms with Crippen LogP contribution in [-0.4, -0.2) is 29.6 Å². The molecular formula is C21H20N2O4. The fraction of sp³-hybridized carbons (Fsp3) is 0.286. The largest absolute Gasteiger partial charge is 0.493 e. The van der Waals surface area contributed by atoms with Crippen LogP contribution in [0.1, 0.15) is 35.7 Å². The molecule has 0 amide bonds. The fourth-order valence-corrected chi connectivity index (χ4v) is 3.73. The van der Waals surface area contributed by atoms with Gasteiger partial charge in [-0.05, 0) is 24.6 Å². The average Bonchev–Trinajstić information content (AvgIpc) is 3.00. The molecule has 0 unspecified atom stereocenters. The summed E-state index contributed by atoms with van der Waals surface area (Å²) < 4.78 is 12.5. The summed E-state index contributed by atoms with van der Waals surface area (Å²) in [6, 6.07) is 5.18. The zero-order chi connectivity index (χ0) is 19.1. The van der Waals surface area contributed by atoms with Crippen LogP contribution in [0.2, 0.25) is 0 Å². The molecular weight excluding hydrogens is 344 g/mol. The summed E-state index contributed by atoms with van der Waals surface area (Å²) in [5, 5.41) is 1.04. The topological polar surface area (TPSA) is 70.4 Å². The summed E-state index contributed by atoms with van der Waals surface area (Å²) in [7, 11) is 3.06. The molecule has 6 nitrogen and oxygen atoms in total. The van der Waals surface area contributed by atoms with Gasteiger partial charge in [0, 0.05) is 29.9 Å². The lowest BCUT2D eigenvalue weighted by Gasteiger charge is -2.16. The number of ether oxygens (including phenoxy) is 2. The van der Waals surface area contributed by atoms with Crippen molar-refractivity contribution >= 4 is 16.6 Å². The van der Waals surface area contributed by atoms with Crippen molar-refractivity contribution in [3.63, 3.8) is 0 Å². The van der Waals surface area contributed by atoms with Gasteiger partial charge in [-0.25, -0.2) is 0 Å². The Kier molecular flexibility index (Phi) is 4.18. The third-order valence-corrected chi connectivity index (χ3v) is 5.06. The number of ketones is 1. The summed E-state index contributed by atoms with van der Waals surface area (Å²) in [6.07, 6.45) is 5.01. The number of hydrogen-bond donors (Lipinski definition) is 0. The SMILES string of the molecule is CCCCn1c2c(c3cc(OC)c(OC)cc3c1=O)C(=O)c1cnccc1-2. The first-order chi connectivity index (χ1) is 13.1. The molecule has 0 saturated carbocycles. The second kappa shape index (κ2) is 6.54. The van der Waals surface area contributed by atoms with Crippen LogP contribution in [0.25, 0.3) is 22.0 Å². The van der Waals surface area contributed by atoms with E-state index in [1.165, 1.54) is 14.2 Å². The first-order valence-corrected chi connectivity index (χ1v) is 8.94. The Labute approximate surface area is 156 Å². The minimum absolute atomic E-state index is 0.115. The zero-order valence-corrected chi connectivity index (χ0v) is 15.5. The molecule has 4 rings (SSSR count). The molecule has 1 aliphatic rings. The van der Waals surface area contributed by atoms with Gasteiger partial charge >= 0.3 is 0 Å². The molecule has 2 aromatic heterocycles. The predicted molar refractivity (Wildman–Crippen MR) is 103 cm³/mol. The second-order valence-electron chi connectivity index (χ2n) is 6.54. The van der Waals surface area contributed by atoms with E-state index in [9.17, 15) is 9.59 Å². The quantitative estimate of drug-likeness (QED) is 0.543. The van der Waals surface area contributed by atoms with E-state index in [1.807, 2.05) is 0 Å². The lowest BCUT2D eigenvalue weighted by atomic mass is 10.0. The lowest BCUT2D eigenvalue weighted by molar-refractivity contribution is 0.104. The van der Waals surface area contributed by atoms with Gasteiger partial charge in [0.2, 0.25) is 0 Å². The van der Waals surface area contributed by atoms with Gasteiger partial charge in [-0.2, -0.15) is 0 Å². The molecule has 0 spiro atoms. The number of rotatable bonds is 5. The number of benzene rings is 1. The van der Waals surface area contributed by atoms with E-state index in [-0.39, 0.29) is 11.3 Å². The van der Waals surface area contributed by atoms with Crippen molar-refractivity contribution in [2.45, 2.75) is 26.3 Å². The van der Waals surface area contributed by atoms with Crippen LogP contribution in [0.15, 0.2) is 35.4 Å². The summed E-state index contributed by atoms with van der Waals surface area (Å²) >= 11 is 0. The Morgan fingerprint density at radius 1 is 1.04 bits per heavy atom. The van der Waals surface area contributed by atoms with E-state index < -0.39 is 0 Å². The lowest BCUT2D eigenvalue weighted by Crippen LogP contribution is -2.23. The predicted octanol–water partition coefficient (Wildman–Crippen LogP) is 3.43. The van der Waals surface area contributed by atoms with Crippen molar-refractivity contribution in [1.82, 2.24) is 9.55 Å². The van der Waals surface area contributed by atoms with Crippen molar-refractivity contribution in [2.75, 3.05) is 14.2 Å². The van der Waals surface area contributed by atoms with Gasteiger partial charge < -0.3 is 14.0 Å². The molecule has 1 aromatic carbocycles. The van der Waals surface area contributed by atoms with Gasteiger partial charge in [-0.15, -0.1) is 0 Å². The Morgan fingerprint density at radius 2 is 1.74 bits per heavy atom. The monoisotopic (exact) mass is 364 g/mol. The number of carbonyl (C=O) groups is 1. The summed E-state index contributed by atoms with van der Waals surface area (Å²) in [5.41, 5.74) is 2.37. The third kappa shape index (κ3) is 2.44. The molecule has 0 bridgehead atoms. The molecule has 0 fully saturated rings. The smallest absolute Gasteiger partial charge is 0.259 e. The molecule has 138 valence electrons. The fourth-order valence-electron chi connectivity index (χ4n) is 3.73. The summed E-state index contributed by atoms with van der Waals surface area (Å²) in [6.45, 7) is 2.63. The highest BCUT2D eigenvalue weighted by Crippen LogP contribution is 2.41. The molecule has 6 heteroatoms. The standard InChI is InChI=1S/C21H20N2O4/c1-4-5-8-23-19-12-6-7-22-11-15(12)20(24)18(19)13-9-16(26-2)17(27-3)10-14(13)21(23)25/h6-7,9-11H,4-5,8H2,1-3H3. The minimum Gasteiger partial charge on any atom is -0.493 e. The maximum atomic E-state index is 13.3. The second-order valence-corrected chi connectivity index (χ2v) is 6.54. The van der Waals surface area contributed by atoms with Crippen LogP contribution in [0.4, 0.5) is 0 Å². The third-order valence-electron chi connectivity index (χ3n) is 5.06. The van der Waals surface area contributed by atoms with E-state index in [0.29, 0.717) is 45.6 Å². The Morgan fingerprint density at radius 3 is 2.41 bits per heavy atom. The highest BCUT2D eigenvalue weighted by molar-refractivity contribution is 6.26. The van der Waals surface area contributed by atoms with E-state index in [0.717, 1.165) is 18.4 Å². The van der Waals surface area contributed by atoms with Crippen LogP contribution >= 0.6 is 0 Å². The van der Waals surface area contributed by atoms with Gasteiger partial charge in [0.1, 0.15) is 0 Å². The number of carbonyl (C=O) groups excluding carboxylic acids is 1. The van der Waals surface area contributed by atoms with E-state index in [1.54, 1.807) is 35.2 Å². The maximum Gasteiger partial charge on any atom is 0.259 e. The van der Waals surface area contributed by atoms with Gasteiger partial charge in [0.05, 0.1) is 36.4 Å². The first-order valence-electron chi connectivity index (χ1n) is 8.94. The molecule has 27 heavy (non-hydrogen) atoms. The van der Waals surface area contributed by atoms with Crippen LogP contribution in [-0.2, 0) is 6.54 Å². The molecule has 0 saturated heterocycles. The van der Waals surface area contributed by atoms with Crippen LogP contribution in [0, 0.1) is 0 Å². The molecule has 3 aromatic rings. The average molecular weight is 364 g/mol. The number of pyridine rings is 2. The number of unbranched alkanes of at least 4 members (excludes halogenated alkanes) is 1. The highest BCUT2D eigenvalue weighted by Gasteiger charge is 2.33. The van der Waals surface area contributed by atoms with Crippen molar-refractivity contribution in [2.24, 2.45) is 0 Å². The number of fused-ring (bicyclic) bond motifs is 5. The van der Waals surface area contributed by atoms with Gasteiger partial charge in [0.25, 0.3) is 5.56 Å². The number of hydrogen-bond acceptors (Lipinski definition) is 5. The van der Waals surface area contributed by atoms with Gasteiger partial charge in [-0.1, -0.05) is 13.3 Å². The summed E-state index contributed by atoms with van der Waals surface area (Å²) in [5.74, 6) is 0.837. The van der Waals surface area contributed by atoms with Crippen LogP contribution < -0.4 is 15.0 Å². The van der Waals surface area contributed by atoms with Crippen LogP contribution in [0.3, 0.4) is 0 Å². The number of aromatic nitrogens is 2. The first kappa shape index (κ1) is 17.3. The number of nitrogens with zero attached hydrogens (tertiary/aromatic N) is 2. The Balaban J connectivity index is 2.16. The zero-order valence-electron chi connectivity index (χ0n) is 15.5. The molecule has 0 radical (unpaired) electrons. The minimum atomic E-state index is -0.129. The van der Waals surface area contributed by atoms with Crippen molar-refractivity contribution in [1.29, 1.82) is 0 Å². The van der Waals surface area contributed by atoms with E-state index in [4.69, 9.17) is 9.47 Å². The normalized spacial score (nSPS) is 12.2. The maximum absolute atomic E-state index is 13.3.